The van der Waals surface area contributed by atoms with Gasteiger partial charge in [-0.3, -0.25) is 4.79 Å². The van der Waals surface area contributed by atoms with E-state index >= 15 is 0 Å². The van der Waals surface area contributed by atoms with Gasteiger partial charge in [-0.15, -0.1) is 0 Å². The highest BCUT2D eigenvalue weighted by molar-refractivity contribution is 5.77. The van der Waals surface area contributed by atoms with Crippen LogP contribution in [-0.4, -0.2) is 43.5 Å². The molecular formula is C16H24N4O2. The van der Waals surface area contributed by atoms with Gasteiger partial charge >= 0.3 is 6.03 Å². The molecule has 22 heavy (non-hydrogen) atoms. The largest absolute Gasteiger partial charge is 0.371 e. The molecule has 0 atom stereocenters. The molecule has 3 N–H and O–H groups in total. The van der Waals surface area contributed by atoms with Crippen molar-refractivity contribution in [3.8, 4) is 0 Å². The number of para-hydroxylation sites is 1. The fraction of sp³-hybridized carbons (Fsp3) is 0.500. The lowest BCUT2D eigenvalue weighted by Gasteiger charge is -2.24. The summed E-state index contributed by atoms with van der Waals surface area (Å²) in [6, 6.07) is 7.62. The number of carbonyl (C=O) groups is 2. The summed E-state index contributed by atoms with van der Waals surface area (Å²) in [5.74, 6) is -0.00928. The molecule has 6 heteroatoms. The van der Waals surface area contributed by atoms with Crippen molar-refractivity contribution in [3.63, 3.8) is 0 Å². The van der Waals surface area contributed by atoms with Gasteiger partial charge in [0.2, 0.25) is 5.91 Å². The van der Waals surface area contributed by atoms with Crippen molar-refractivity contribution in [3.05, 3.63) is 29.8 Å². The number of nitrogens with two attached hydrogens (primary N) is 1. The number of hydrogen-bond acceptors (Lipinski definition) is 3. The van der Waals surface area contributed by atoms with Gasteiger partial charge in [-0.1, -0.05) is 18.2 Å². The number of benzene rings is 1. The maximum Gasteiger partial charge on any atom is 0.312 e. The van der Waals surface area contributed by atoms with Crippen molar-refractivity contribution in [1.82, 2.24) is 10.2 Å². The molecule has 0 aromatic heterocycles. The van der Waals surface area contributed by atoms with E-state index in [4.69, 9.17) is 5.73 Å². The van der Waals surface area contributed by atoms with Crippen molar-refractivity contribution in [2.24, 2.45) is 5.73 Å². The van der Waals surface area contributed by atoms with E-state index < -0.39 is 6.03 Å². The van der Waals surface area contributed by atoms with E-state index in [0.29, 0.717) is 6.54 Å². The average Bonchev–Trinajstić information content (AvgIpc) is 3.01. The van der Waals surface area contributed by atoms with Gasteiger partial charge < -0.3 is 20.9 Å². The normalized spacial score (nSPS) is 14.0. The number of urea groups is 1. The molecule has 120 valence electrons. The van der Waals surface area contributed by atoms with E-state index in [1.165, 1.54) is 18.5 Å². The van der Waals surface area contributed by atoms with Crippen molar-refractivity contribution in [1.29, 1.82) is 0 Å². The van der Waals surface area contributed by atoms with Crippen LogP contribution in [-0.2, 0) is 11.3 Å². The summed E-state index contributed by atoms with van der Waals surface area (Å²) in [6.45, 7) is 3.00. The predicted octanol–water partition coefficient (Wildman–Crippen LogP) is 1.30. The third-order valence-electron chi connectivity index (χ3n) is 3.91. The number of hydrogen-bond donors (Lipinski definition) is 2. The Morgan fingerprint density at radius 2 is 1.95 bits per heavy atom. The van der Waals surface area contributed by atoms with Crippen LogP contribution in [0.1, 0.15) is 24.8 Å². The molecule has 1 heterocycles. The molecule has 1 aliphatic rings. The maximum atomic E-state index is 12.1. The summed E-state index contributed by atoms with van der Waals surface area (Å²) in [7, 11) is 1.79. The minimum atomic E-state index is -0.602. The summed E-state index contributed by atoms with van der Waals surface area (Å²) in [5, 5.41) is 2.43. The van der Waals surface area contributed by atoms with E-state index in [9.17, 15) is 9.59 Å². The number of nitrogens with one attached hydrogen (secondary N) is 1. The maximum absolute atomic E-state index is 12.1. The smallest absolute Gasteiger partial charge is 0.312 e. The molecule has 1 aromatic rings. The number of anilines is 1. The van der Waals surface area contributed by atoms with Crippen LogP contribution < -0.4 is 16.0 Å². The Bertz CT molecular complexity index is 527. The summed E-state index contributed by atoms with van der Waals surface area (Å²) >= 11 is 0. The van der Waals surface area contributed by atoms with E-state index in [0.717, 1.165) is 18.7 Å². The van der Waals surface area contributed by atoms with Crippen LogP contribution in [0.25, 0.3) is 0 Å². The molecule has 1 saturated heterocycles. The first kappa shape index (κ1) is 16.1. The highest BCUT2D eigenvalue weighted by Gasteiger charge is 2.17. The quantitative estimate of drug-likeness (QED) is 0.831. The number of nitrogens with zero attached hydrogens (tertiary/aromatic N) is 2. The molecule has 2 rings (SSSR count). The van der Waals surface area contributed by atoms with Crippen LogP contribution in [0.2, 0.25) is 0 Å². The van der Waals surface area contributed by atoms with Crippen LogP contribution in [0.15, 0.2) is 24.3 Å². The van der Waals surface area contributed by atoms with Crippen LogP contribution in [0.3, 0.4) is 0 Å². The SMILES string of the molecule is CN(Cc1ccccc1N1CCCC1)C(=O)CCNC(N)=O. The molecule has 1 fully saturated rings. The van der Waals surface area contributed by atoms with Crippen LogP contribution >= 0.6 is 0 Å². The van der Waals surface area contributed by atoms with E-state index in [-0.39, 0.29) is 18.9 Å². The van der Waals surface area contributed by atoms with Gasteiger partial charge in [-0.25, -0.2) is 4.79 Å². The van der Waals surface area contributed by atoms with Crippen molar-refractivity contribution in [2.45, 2.75) is 25.8 Å². The van der Waals surface area contributed by atoms with E-state index in [2.05, 4.69) is 22.3 Å². The Balaban J connectivity index is 1.94. The van der Waals surface area contributed by atoms with Gasteiger partial charge in [0.25, 0.3) is 0 Å². The summed E-state index contributed by atoms with van der Waals surface area (Å²) in [5.41, 5.74) is 7.36. The lowest BCUT2D eigenvalue weighted by atomic mass is 10.1. The Morgan fingerprint density at radius 3 is 2.64 bits per heavy atom. The van der Waals surface area contributed by atoms with Crippen molar-refractivity contribution in [2.75, 3.05) is 31.6 Å². The number of amides is 3. The third kappa shape index (κ3) is 4.38. The third-order valence-corrected chi connectivity index (χ3v) is 3.91. The molecule has 0 radical (unpaired) electrons. The lowest BCUT2D eigenvalue weighted by Crippen LogP contribution is -2.34. The minimum absolute atomic E-state index is 0.00928. The Hall–Kier alpha value is -2.24. The number of carbonyl (C=O) groups excluding carboxylic acids is 2. The second kappa shape index (κ2) is 7.68. The zero-order chi connectivity index (χ0) is 15.9. The standard InChI is InChI=1S/C16H24N4O2/c1-19(15(21)8-9-18-16(17)22)12-13-6-2-3-7-14(13)20-10-4-5-11-20/h2-3,6-7H,4-5,8-12H2,1H3,(H3,17,18,22). The second-order valence-corrected chi connectivity index (χ2v) is 5.61. The molecule has 1 aliphatic heterocycles. The predicted molar refractivity (Wildman–Crippen MR) is 86.6 cm³/mol. The monoisotopic (exact) mass is 304 g/mol. The molecule has 1 aromatic carbocycles. The Kier molecular flexibility index (Phi) is 5.63. The highest BCUT2D eigenvalue weighted by atomic mass is 16.2. The van der Waals surface area contributed by atoms with Crippen LogP contribution in [0.4, 0.5) is 10.5 Å². The first-order chi connectivity index (χ1) is 10.6. The molecule has 0 aliphatic carbocycles. The molecular weight excluding hydrogens is 280 g/mol. The van der Waals surface area contributed by atoms with Gasteiger partial charge in [0.15, 0.2) is 0 Å². The molecule has 6 nitrogen and oxygen atoms in total. The topological polar surface area (TPSA) is 78.7 Å². The van der Waals surface area contributed by atoms with E-state index in [1.807, 2.05) is 12.1 Å². The molecule has 0 spiro atoms. The molecule has 3 amide bonds. The first-order valence-electron chi connectivity index (χ1n) is 7.68. The number of rotatable bonds is 6. The first-order valence-corrected chi connectivity index (χ1v) is 7.68. The van der Waals surface area contributed by atoms with Gasteiger partial charge in [-0.05, 0) is 24.5 Å². The summed E-state index contributed by atoms with van der Waals surface area (Å²) in [6.07, 6.45) is 2.70. The van der Waals surface area contributed by atoms with Crippen LogP contribution in [0.5, 0.6) is 0 Å². The van der Waals surface area contributed by atoms with E-state index in [1.54, 1.807) is 11.9 Å². The molecule has 0 saturated carbocycles. The Morgan fingerprint density at radius 1 is 1.27 bits per heavy atom. The average molecular weight is 304 g/mol. The van der Waals surface area contributed by atoms with Crippen LogP contribution in [0, 0.1) is 0 Å². The fourth-order valence-corrected chi connectivity index (χ4v) is 2.74. The van der Waals surface area contributed by atoms with Gasteiger partial charge in [-0.2, -0.15) is 0 Å². The second-order valence-electron chi connectivity index (χ2n) is 5.61. The van der Waals surface area contributed by atoms with Gasteiger partial charge in [0.1, 0.15) is 0 Å². The zero-order valence-electron chi connectivity index (χ0n) is 13.0. The molecule has 0 bridgehead atoms. The highest BCUT2D eigenvalue weighted by Crippen LogP contribution is 2.25. The number of primary amides is 1. The van der Waals surface area contributed by atoms with Crippen molar-refractivity contribution >= 4 is 17.6 Å². The summed E-state index contributed by atoms with van der Waals surface area (Å²) in [4.78, 5) is 26.8. The summed E-state index contributed by atoms with van der Waals surface area (Å²) < 4.78 is 0. The van der Waals surface area contributed by atoms with Gasteiger partial charge in [0, 0.05) is 45.3 Å². The lowest BCUT2D eigenvalue weighted by molar-refractivity contribution is -0.130. The fourth-order valence-electron chi connectivity index (χ4n) is 2.74. The Labute approximate surface area is 131 Å². The zero-order valence-corrected chi connectivity index (χ0v) is 13.0. The van der Waals surface area contributed by atoms with Crippen molar-refractivity contribution < 1.29 is 9.59 Å². The molecule has 0 unspecified atom stereocenters. The van der Waals surface area contributed by atoms with Gasteiger partial charge in [0.05, 0.1) is 0 Å². The minimum Gasteiger partial charge on any atom is -0.371 e.